The monoisotopic (exact) mass is 869 g/mol. The number of nitrogens with one attached hydrogen (secondary N) is 3. The Hall–Kier alpha value is -5.55. The average molecular weight is 870 g/mol. The number of ether oxygens (including phenoxy) is 1. The number of anilines is 5. The van der Waals surface area contributed by atoms with Crippen molar-refractivity contribution >= 4 is 74.0 Å². The van der Waals surface area contributed by atoms with Gasteiger partial charge in [-0.05, 0) is 93.3 Å². The van der Waals surface area contributed by atoms with Crippen molar-refractivity contribution in [3.63, 3.8) is 0 Å². The molecule has 5 aromatic rings. The molecule has 4 aliphatic heterocycles. The Bertz CT molecular complexity index is 2640. The van der Waals surface area contributed by atoms with Gasteiger partial charge in [0.1, 0.15) is 5.02 Å². The van der Waals surface area contributed by atoms with Gasteiger partial charge in [0.25, 0.3) is 5.56 Å². The number of halogens is 3. The summed E-state index contributed by atoms with van der Waals surface area (Å²) in [5, 5.41) is 15.4. The standard InChI is InChI=1S/C44H50ClF2N11O4/c1-54-33-10-6-27(20-31(33)37-38(42(54)61)62-24-44(46,47)39(51-37)26-4-5-26)49-40-32(45)22-48-43(52-40)58-16-12-25(13-17-58)23-56-14-3-15-57(19-18-56)28-7-8-29-34(21-28)55(2)53-36(29)30-9-11-35(59)50-41(30)60/h6-8,10,20-22,25-26,30,39,51H,3-5,9,11-19,23-24H2,1-2H3,(H,48,49,52)(H,50,59,60). The highest BCUT2D eigenvalue weighted by Gasteiger charge is 2.51. The Labute approximate surface area is 361 Å². The topological polar surface area (TPSA) is 155 Å². The van der Waals surface area contributed by atoms with Gasteiger partial charge in [-0.2, -0.15) is 10.1 Å². The summed E-state index contributed by atoms with van der Waals surface area (Å²) >= 11 is 6.64. The first-order chi connectivity index (χ1) is 29.9. The van der Waals surface area contributed by atoms with Gasteiger partial charge in [-0.25, -0.2) is 13.8 Å². The largest absolute Gasteiger partial charge is 0.480 e. The summed E-state index contributed by atoms with van der Waals surface area (Å²) in [5.41, 5.74) is 3.86. The zero-order valence-corrected chi connectivity index (χ0v) is 35.6. The molecule has 5 aliphatic rings. The Morgan fingerprint density at radius 1 is 0.919 bits per heavy atom. The molecule has 3 saturated heterocycles. The van der Waals surface area contributed by atoms with Crippen LogP contribution in [0.4, 0.5) is 37.6 Å². The summed E-state index contributed by atoms with van der Waals surface area (Å²) < 4.78 is 39.1. The van der Waals surface area contributed by atoms with E-state index >= 15 is 8.78 Å². The minimum absolute atomic E-state index is 0.105. The lowest BCUT2D eigenvalue weighted by atomic mass is 9.93. The quantitative estimate of drug-likeness (QED) is 0.162. The van der Waals surface area contributed by atoms with Gasteiger partial charge in [0.15, 0.2) is 12.4 Å². The lowest BCUT2D eigenvalue weighted by molar-refractivity contribution is -0.134. The number of benzene rings is 2. The molecule has 0 spiro atoms. The van der Waals surface area contributed by atoms with E-state index < -0.39 is 30.0 Å². The van der Waals surface area contributed by atoms with Crippen LogP contribution in [-0.4, -0.2) is 105 Å². The highest BCUT2D eigenvalue weighted by atomic mass is 35.5. The number of aromatic nitrogens is 5. The predicted molar refractivity (Wildman–Crippen MR) is 234 cm³/mol. The zero-order valence-electron chi connectivity index (χ0n) is 34.8. The molecule has 2 unspecified atom stereocenters. The van der Waals surface area contributed by atoms with Crippen LogP contribution >= 0.6 is 11.6 Å². The Balaban J connectivity index is 0.772. The number of amides is 2. The third kappa shape index (κ3) is 7.67. The number of hydrogen-bond donors (Lipinski definition) is 3. The number of carbonyl (C=O) groups excluding carboxylic acids is 2. The maximum Gasteiger partial charge on any atom is 0.301 e. The van der Waals surface area contributed by atoms with Crippen molar-refractivity contribution in [2.45, 2.75) is 62.8 Å². The second-order valence-corrected chi connectivity index (χ2v) is 18.0. The van der Waals surface area contributed by atoms with Crippen molar-refractivity contribution in [3.8, 4) is 5.75 Å². The van der Waals surface area contributed by atoms with E-state index in [0.717, 1.165) is 87.4 Å². The second-order valence-electron chi connectivity index (χ2n) is 17.6. The van der Waals surface area contributed by atoms with Crippen LogP contribution in [0.5, 0.6) is 5.75 Å². The van der Waals surface area contributed by atoms with Crippen LogP contribution in [0.2, 0.25) is 5.02 Å². The second kappa shape index (κ2) is 16.0. The highest BCUT2D eigenvalue weighted by Crippen LogP contribution is 2.46. The van der Waals surface area contributed by atoms with Crippen molar-refractivity contribution in [3.05, 3.63) is 63.7 Å². The number of pyridine rings is 1. The van der Waals surface area contributed by atoms with Crippen LogP contribution in [0.25, 0.3) is 21.8 Å². The van der Waals surface area contributed by atoms with E-state index in [-0.39, 0.29) is 29.2 Å². The molecule has 62 heavy (non-hydrogen) atoms. The lowest BCUT2D eigenvalue weighted by Crippen LogP contribution is -2.44. The Morgan fingerprint density at radius 2 is 1.74 bits per heavy atom. The zero-order chi connectivity index (χ0) is 42.9. The molecule has 15 nitrogen and oxygen atoms in total. The van der Waals surface area contributed by atoms with Crippen molar-refractivity contribution in [2.75, 3.05) is 72.9 Å². The van der Waals surface area contributed by atoms with E-state index in [9.17, 15) is 14.4 Å². The minimum Gasteiger partial charge on any atom is -0.480 e. The molecule has 1 aliphatic carbocycles. The van der Waals surface area contributed by atoms with E-state index in [0.29, 0.717) is 65.0 Å². The normalized spacial score (nSPS) is 22.5. The van der Waals surface area contributed by atoms with Crippen LogP contribution in [0.3, 0.4) is 0 Å². The summed E-state index contributed by atoms with van der Waals surface area (Å²) in [6.45, 7) is 5.66. The molecule has 18 heteroatoms. The van der Waals surface area contributed by atoms with E-state index in [1.807, 2.05) is 23.9 Å². The Morgan fingerprint density at radius 3 is 2.53 bits per heavy atom. The molecular weight excluding hydrogens is 820 g/mol. The van der Waals surface area contributed by atoms with E-state index in [1.54, 1.807) is 19.3 Å². The fraction of sp³-hybridized carbons (Fsp3) is 0.500. The average Bonchev–Trinajstić information content (AvgIpc) is 4.09. The van der Waals surface area contributed by atoms with Crippen molar-refractivity contribution in [1.82, 2.24) is 34.5 Å². The number of hydrogen-bond acceptors (Lipinski definition) is 12. The molecule has 1 saturated carbocycles. The molecule has 2 aromatic carbocycles. The summed E-state index contributed by atoms with van der Waals surface area (Å²) in [4.78, 5) is 54.3. The van der Waals surface area contributed by atoms with Gasteiger partial charge in [-0.1, -0.05) is 11.6 Å². The third-order valence-corrected chi connectivity index (χ3v) is 13.7. The molecule has 3 aromatic heterocycles. The molecule has 326 valence electrons. The van der Waals surface area contributed by atoms with E-state index in [4.69, 9.17) is 26.4 Å². The molecule has 2 atom stereocenters. The van der Waals surface area contributed by atoms with Gasteiger partial charge < -0.3 is 34.6 Å². The number of rotatable bonds is 8. The highest BCUT2D eigenvalue weighted by molar-refractivity contribution is 6.33. The van der Waals surface area contributed by atoms with Crippen LogP contribution in [0, 0.1) is 11.8 Å². The molecule has 0 bridgehead atoms. The summed E-state index contributed by atoms with van der Waals surface area (Å²) in [6.07, 6.45) is 6.86. The first-order valence-corrected chi connectivity index (χ1v) is 22.0. The van der Waals surface area contributed by atoms with Crippen molar-refractivity contribution in [2.24, 2.45) is 25.9 Å². The number of aryl methyl sites for hydroxylation is 2. The minimum atomic E-state index is -3.13. The fourth-order valence-electron chi connectivity index (χ4n) is 9.80. The summed E-state index contributed by atoms with van der Waals surface area (Å²) in [6, 6.07) is 10.6. The van der Waals surface area contributed by atoms with Crippen LogP contribution < -0.4 is 36.0 Å². The van der Waals surface area contributed by atoms with Gasteiger partial charge in [-0.3, -0.25) is 24.4 Å². The molecular formula is C44H50ClF2N11O4. The molecule has 0 radical (unpaired) electrons. The van der Waals surface area contributed by atoms with Crippen LogP contribution in [0.1, 0.15) is 56.6 Å². The molecule has 4 fully saturated rings. The van der Waals surface area contributed by atoms with Gasteiger partial charge >= 0.3 is 5.92 Å². The van der Waals surface area contributed by atoms with Crippen LogP contribution in [0.15, 0.2) is 47.4 Å². The number of fused-ring (bicyclic) bond motifs is 4. The van der Waals surface area contributed by atoms with Gasteiger partial charge in [0, 0.05) is 81.9 Å². The first-order valence-electron chi connectivity index (χ1n) is 21.7. The number of piperidine rings is 2. The molecule has 2 amide bonds. The number of alkyl halides is 2. The van der Waals surface area contributed by atoms with E-state index in [2.05, 4.69) is 53.8 Å². The fourth-order valence-corrected chi connectivity index (χ4v) is 9.93. The Kier molecular flexibility index (Phi) is 10.4. The van der Waals surface area contributed by atoms with E-state index in [1.165, 1.54) is 4.57 Å². The number of carbonyl (C=O) groups is 2. The first kappa shape index (κ1) is 40.5. The number of imide groups is 1. The maximum atomic E-state index is 15.2. The van der Waals surface area contributed by atoms with Crippen LogP contribution in [-0.2, 0) is 23.7 Å². The molecule has 7 heterocycles. The summed E-state index contributed by atoms with van der Waals surface area (Å²) in [7, 11) is 3.51. The maximum absolute atomic E-state index is 15.2. The predicted octanol–water partition coefficient (Wildman–Crippen LogP) is 5.78. The molecule has 3 N–H and O–H groups in total. The number of nitrogens with zero attached hydrogens (tertiary/aromatic N) is 8. The van der Waals surface area contributed by atoms with Crippen molar-refractivity contribution in [1.29, 1.82) is 0 Å². The SMILES string of the molecule is Cn1nc(C2CCC(=O)NC2=O)c2ccc(N3CCCN(CC4CCN(c5ncc(Cl)c(Nc6ccc7c(c6)c6c(c(=O)n7C)OCC(F)(F)C(C7CC7)N6)n5)CC4)CC3)cc21. The smallest absolute Gasteiger partial charge is 0.301 e. The third-order valence-electron chi connectivity index (χ3n) is 13.4. The van der Waals surface area contributed by atoms with Crippen molar-refractivity contribution < 1.29 is 23.1 Å². The lowest BCUT2D eigenvalue weighted by Gasteiger charge is -2.34. The van der Waals surface area contributed by atoms with Gasteiger partial charge in [0.05, 0.1) is 40.6 Å². The van der Waals surface area contributed by atoms with Gasteiger partial charge in [0.2, 0.25) is 23.5 Å². The molecule has 10 rings (SSSR count). The summed E-state index contributed by atoms with van der Waals surface area (Å²) in [5.74, 6) is -2.80. The van der Waals surface area contributed by atoms with Gasteiger partial charge in [-0.15, -0.1) is 0 Å².